The fraction of sp³-hybridized carbons (Fsp3) is 0.0909. The summed E-state index contributed by atoms with van der Waals surface area (Å²) in [6, 6.07) is 9.48. The van der Waals surface area contributed by atoms with Crippen molar-refractivity contribution in [3.05, 3.63) is 35.8 Å². The number of rotatable bonds is 3. The number of tetrazole rings is 1. The minimum absolute atomic E-state index is 0.238. The molecule has 3 aromatic rings. The van der Waals surface area contributed by atoms with Crippen molar-refractivity contribution in [2.24, 2.45) is 0 Å². The van der Waals surface area contributed by atoms with Crippen molar-refractivity contribution in [3.63, 3.8) is 0 Å². The fourth-order valence-electron chi connectivity index (χ4n) is 1.74. The summed E-state index contributed by atoms with van der Waals surface area (Å²) in [5.41, 5.74) is 1.58. The second-order valence-electron chi connectivity index (χ2n) is 3.73. The van der Waals surface area contributed by atoms with Crippen molar-refractivity contribution in [3.8, 4) is 6.07 Å². The van der Waals surface area contributed by atoms with E-state index in [1.54, 1.807) is 0 Å². The van der Waals surface area contributed by atoms with Gasteiger partial charge in [0, 0.05) is 5.39 Å². The molecular weight excluding hydrogens is 244 g/mol. The Morgan fingerprint density at radius 1 is 1.21 bits per heavy atom. The molecule has 3 rings (SSSR count). The van der Waals surface area contributed by atoms with E-state index in [1.165, 1.54) is 0 Å². The first kappa shape index (κ1) is 11.0. The lowest BCUT2D eigenvalue weighted by atomic mass is 10.1. The van der Waals surface area contributed by atoms with E-state index in [9.17, 15) is 0 Å². The number of nitriles is 1. The van der Waals surface area contributed by atoms with Crippen LogP contribution in [0.3, 0.4) is 0 Å². The van der Waals surface area contributed by atoms with Crippen LogP contribution in [0.4, 0.5) is 5.69 Å². The number of aromatic amines is 1. The van der Waals surface area contributed by atoms with Crippen molar-refractivity contribution < 1.29 is 0 Å². The van der Waals surface area contributed by atoms with Crippen LogP contribution >= 0.6 is 0 Å². The highest BCUT2D eigenvalue weighted by molar-refractivity contribution is 5.92. The molecule has 0 fully saturated rings. The zero-order valence-electron chi connectivity index (χ0n) is 9.70. The summed E-state index contributed by atoms with van der Waals surface area (Å²) < 4.78 is 0. The normalized spacial score (nSPS) is 10.3. The van der Waals surface area contributed by atoms with Gasteiger partial charge in [-0.15, -0.1) is 20.4 Å². The Balaban J connectivity index is 2.02. The molecule has 8 nitrogen and oxygen atoms in total. The molecule has 19 heavy (non-hydrogen) atoms. The molecule has 0 aliphatic rings. The van der Waals surface area contributed by atoms with Gasteiger partial charge in [-0.25, -0.2) is 0 Å². The van der Waals surface area contributed by atoms with Gasteiger partial charge in [0.2, 0.25) is 0 Å². The maximum absolute atomic E-state index is 9.09. The van der Waals surface area contributed by atoms with Crippen molar-refractivity contribution in [1.82, 2.24) is 30.8 Å². The quantitative estimate of drug-likeness (QED) is 0.702. The van der Waals surface area contributed by atoms with Crippen LogP contribution in [0.5, 0.6) is 0 Å². The largest absolute Gasteiger partial charge is 0.375 e. The number of fused-ring (bicyclic) bond motifs is 1. The smallest absolute Gasteiger partial charge is 0.193 e. The molecule has 2 heterocycles. The third kappa shape index (κ3) is 2.04. The number of nitrogens with zero attached hydrogens (tertiary/aromatic N) is 6. The van der Waals surface area contributed by atoms with Crippen molar-refractivity contribution in [2.75, 3.05) is 5.32 Å². The number of aromatic nitrogens is 6. The second-order valence-corrected chi connectivity index (χ2v) is 3.73. The highest BCUT2D eigenvalue weighted by Gasteiger charge is 2.10. The summed E-state index contributed by atoms with van der Waals surface area (Å²) in [5.74, 6) is 0.504. The van der Waals surface area contributed by atoms with Crippen LogP contribution in [0.1, 0.15) is 11.5 Å². The molecule has 92 valence electrons. The van der Waals surface area contributed by atoms with Crippen LogP contribution in [0.25, 0.3) is 10.9 Å². The summed E-state index contributed by atoms with van der Waals surface area (Å²) in [6.45, 7) is 0.348. The molecule has 0 unspecified atom stereocenters. The summed E-state index contributed by atoms with van der Waals surface area (Å²) >= 11 is 0. The van der Waals surface area contributed by atoms with E-state index in [4.69, 9.17) is 5.26 Å². The van der Waals surface area contributed by atoms with Gasteiger partial charge in [0.25, 0.3) is 0 Å². The van der Waals surface area contributed by atoms with Gasteiger partial charge < -0.3 is 5.32 Å². The molecule has 0 bridgehead atoms. The van der Waals surface area contributed by atoms with E-state index >= 15 is 0 Å². The van der Waals surface area contributed by atoms with E-state index in [0.29, 0.717) is 18.1 Å². The predicted molar refractivity (Wildman–Crippen MR) is 65.8 cm³/mol. The average Bonchev–Trinajstić information content (AvgIpc) is 2.97. The van der Waals surface area contributed by atoms with Gasteiger partial charge in [0.05, 0.1) is 17.7 Å². The molecule has 0 spiro atoms. The van der Waals surface area contributed by atoms with Crippen LogP contribution in [-0.4, -0.2) is 30.8 Å². The monoisotopic (exact) mass is 252 g/mol. The third-order valence-electron chi connectivity index (χ3n) is 2.59. The lowest BCUT2D eigenvalue weighted by Crippen LogP contribution is -2.06. The van der Waals surface area contributed by atoms with Gasteiger partial charge in [-0.05, 0) is 6.07 Å². The summed E-state index contributed by atoms with van der Waals surface area (Å²) in [4.78, 5) is 0. The molecule has 0 aliphatic heterocycles. The van der Waals surface area contributed by atoms with Crippen LogP contribution in [0.15, 0.2) is 24.3 Å². The Hall–Kier alpha value is -3.08. The Labute approximate surface area is 107 Å². The van der Waals surface area contributed by atoms with Gasteiger partial charge in [-0.2, -0.15) is 10.5 Å². The molecular formula is C11H8N8. The number of anilines is 1. The molecule has 0 saturated carbocycles. The minimum atomic E-state index is 0.238. The Bertz CT molecular complexity index is 743. The van der Waals surface area contributed by atoms with Crippen molar-refractivity contribution >= 4 is 16.6 Å². The first-order valence-corrected chi connectivity index (χ1v) is 5.50. The highest BCUT2D eigenvalue weighted by atomic mass is 15.5. The summed E-state index contributed by atoms with van der Waals surface area (Å²) in [5, 5.41) is 34.4. The molecule has 0 radical (unpaired) electrons. The molecule has 0 amide bonds. The molecule has 0 saturated heterocycles. The summed E-state index contributed by atoms with van der Waals surface area (Å²) in [6.07, 6.45) is 0. The van der Waals surface area contributed by atoms with E-state index in [0.717, 1.165) is 10.9 Å². The number of nitrogens with one attached hydrogen (secondary N) is 2. The van der Waals surface area contributed by atoms with Gasteiger partial charge in [-0.3, -0.25) is 0 Å². The summed E-state index contributed by atoms with van der Waals surface area (Å²) in [7, 11) is 0. The molecule has 2 aromatic heterocycles. The zero-order chi connectivity index (χ0) is 13.1. The maximum atomic E-state index is 9.09. The van der Waals surface area contributed by atoms with E-state index in [2.05, 4.69) is 36.1 Å². The Morgan fingerprint density at radius 2 is 2.11 bits per heavy atom. The molecule has 2 N–H and O–H groups in total. The number of benzene rings is 1. The van der Waals surface area contributed by atoms with E-state index in [1.807, 2.05) is 30.3 Å². The van der Waals surface area contributed by atoms with Crippen molar-refractivity contribution in [1.29, 1.82) is 5.26 Å². The molecule has 0 atom stereocenters. The molecule has 1 aromatic carbocycles. The van der Waals surface area contributed by atoms with Gasteiger partial charge >= 0.3 is 0 Å². The third-order valence-corrected chi connectivity index (χ3v) is 2.59. The lowest BCUT2D eigenvalue weighted by molar-refractivity contribution is 0.881. The van der Waals surface area contributed by atoms with Gasteiger partial charge in [0.15, 0.2) is 11.5 Å². The fourth-order valence-corrected chi connectivity index (χ4v) is 1.74. The Kier molecular flexibility index (Phi) is 2.70. The first-order chi connectivity index (χ1) is 9.38. The predicted octanol–water partition coefficient (Wildman–Crippen LogP) is 0.627. The molecule has 0 aliphatic carbocycles. The number of hydrogen-bond acceptors (Lipinski definition) is 7. The van der Waals surface area contributed by atoms with Crippen LogP contribution in [-0.2, 0) is 6.54 Å². The SMILES string of the molecule is N#Cc1nnc2ccccc2c1NCc1nn[nH]n1. The lowest BCUT2D eigenvalue weighted by Gasteiger charge is -2.08. The van der Waals surface area contributed by atoms with Crippen molar-refractivity contribution in [2.45, 2.75) is 6.54 Å². The van der Waals surface area contributed by atoms with Gasteiger partial charge in [0.1, 0.15) is 6.07 Å². The van der Waals surface area contributed by atoms with Gasteiger partial charge in [-0.1, -0.05) is 23.4 Å². The topological polar surface area (TPSA) is 116 Å². The van der Waals surface area contributed by atoms with Crippen LogP contribution in [0, 0.1) is 11.3 Å². The zero-order valence-corrected chi connectivity index (χ0v) is 9.70. The Morgan fingerprint density at radius 3 is 2.89 bits per heavy atom. The van der Waals surface area contributed by atoms with Crippen LogP contribution < -0.4 is 5.32 Å². The highest BCUT2D eigenvalue weighted by Crippen LogP contribution is 2.23. The second kappa shape index (κ2) is 4.66. The van der Waals surface area contributed by atoms with E-state index in [-0.39, 0.29) is 5.69 Å². The minimum Gasteiger partial charge on any atom is -0.375 e. The molecule has 8 heteroatoms. The maximum Gasteiger partial charge on any atom is 0.193 e. The van der Waals surface area contributed by atoms with Crippen LogP contribution in [0.2, 0.25) is 0 Å². The standard InChI is InChI=1S/C11H8N8/c12-5-9-11(13-6-10-16-18-19-17-10)7-3-1-2-4-8(7)14-15-9/h1-4H,6H2,(H,13,14)(H,16,17,18,19). The average molecular weight is 252 g/mol. The number of hydrogen-bond donors (Lipinski definition) is 2. The number of H-pyrrole nitrogens is 1. The first-order valence-electron chi connectivity index (χ1n) is 5.50. The van der Waals surface area contributed by atoms with E-state index < -0.39 is 0 Å².